The van der Waals surface area contributed by atoms with Gasteiger partial charge in [0.05, 0.1) is 31.7 Å². The third kappa shape index (κ3) is 4.38. The van der Waals surface area contributed by atoms with Crippen molar-refractivity contribution in [2.45, 2.75) is 25.1 Å². The number of hydrogen-bond donors (Lipinski definition) is 1. The molecule has 2 aromatic carbocycles. The van der Waals surface area contributed by atoms with Crippen molar-refractivity contribution >= 4 is 5.97 Å². The lowest BCUT2D eigenvalue weighted by Crippen LogP contribution is -2.40. The maximum absolute atomic E-state index is 13.8. The lowest BCUT2D eigenvalue weighted by molar-refractivity contribution is -0.143. The van der Waals surface area contributed by atoms with Crippen molar-refractivity contribution < 1.29 is 32.5 Å². The first-order valence-corrected chi connectivity index (χ1v) is 9.61. The minimum atomic E-state index is -4.53. The number of methoxy groups -OCH3 is 2. The Morgan fingerprint density at radius 2 is 1.67 bits per heavy atom. The molecule has 30 heavy (non-hydrogen) atoms. The average molecular weight is 423 g/mol. The summed E-state index contributed by atoms with van der Waals surface area (Å²) in [6.07, 6.45) is -3.79. The molecule has 1 aliphatic heterocycles. The number of piperidine rings is 1. The number of nitrogens with zero attached hydrogens (tertiary/aromatic N) is 1. The molecule has 0 aliphatic carbocycles. The number of ether oxygens (including phenoxy) is 2. The van der Waals surface area contributed by atoms with Gasteiger partial charge in [-0.25, -0.2) is 0 Å². The van der Waals surface area contributed by atoms with Crippen LogP contribution in [-0.2, 0) is 11.0 Å². The highest BCUT2D eigenvalue weighted by atomic mass is 19.4. The van der Waals surface area contributed by atoms with E-state index >= 15 is 0 Å². The molecule has 162 valence electrons. The van der Waals surface area contributed by atoms with Crippen LogP contribution in [0.4, 0.5) is 13.2 Å². The normalized spacial score (nSPS) is 16.8. The number of carboxylic acids is 1. The molecule has 1 heterocycles. The summed E-state index contributed by atoms with van der Waals surface area (Å²) < 4.78 is 52.4. The second-order valence-electron chi connectivity index (χ2n) is 7.22. The monoisotopic (exact) mass is 423 g/mol. The molecule has 1 fully saturated rings. The van der Waals surface area contributed by atoms with Crippen molar-refractivity contribution in [1.82, 2.24) is 4.90 Å². The molecule has 3 rings (SSSR count). The second-order valence-corrected chi connectivity index (χ2v) is 7.22. The van der Waals surface area contributed by atoms with Gasteiger partial charge >= 0.3 is 12.1 Å². The fourth-order valence-electron chi connectivity index (χ4n) is 4.09. The number of halogens is 3. The van der Waals surface area contributed by atoms with E-state index in [1.807, 2.05) is 4.90 Å². The van der Waals surface area contributed by atoms with Crippen molar-refractivity contribution in [2.75, 3.05) is 27.3 Å². The Kier molecular flexibility index (Phi) is 6.55. The summed E-state index contributed by atoms with van der Waals surface area (Å²) in [5, 5.41) is 9.29. The molecule has 1 N–H and O–H groups in total. The van der Waals surface area contributed by atoms with Gasteiger partial charge < -0.3 is 14.6 Å². The summed E-state index contributed by atoms with van der Waals surface area (Å²) >= 11 is 0. The van der Waals surface area contributed by atoms with Crippen LogP contribution in [0, 0.1) is 5.92 Å². The van der Waals surface area contributed by atoms with E-state index in [2.05, 4.69) is 0 Å². The lowest BCUT2D eigenvalue weighted by Gasteiger charge is -2.38. The Morgan fingerprint density at radius 1 is 1.03 bits per heavy atom. The number of rotatable bonds is 6. The van der Waals surface area contributed by atoms with E-state index in [4.69, 9.17) is 9.47 Å². The van der Waals surface area contributed by atoms with Crippen LogP contribution in [0.5, 0.6) is 11.5 Å². The molecule has 2 aromatic rings. The first-order valence-electron chi connectivity index (χ1n) is 9.61. The summed E-state index contributed by atoms with van der Waals surface area (Å²) in [4.78, 5) is 13.2. The number of carbonyl (C=O) groups is 1. The molecule has 1 saturated heterocycles. The quantitative estimate of drug-likeness (QED) is 0.736. The molecule has 1 unspecified atom stereocenters. The number of aliphatic carboxylic acids is 1. The van der Waals surface area contributed by atoms with Crippen molar-refractivity contribution in [3.05, 3.63) is 59.2 Å². The zero-order chi connectivity index (χ0) is 21.9. The number of likely N-dealkylation sites (tertiary alicyclic amines) is 1. The van der Waals surface area contributed by atoms with Crippen molar-refractivity contribution in [2.24, 2.45) is 5.92 Å². The SMILES string of the molecule is COc1cccc(C(c2ccccc2C(F)(F)F)N2CCC(C(=O)O)CC2)c1OC. The summed E-state index contributed by atoms with van der Waals surface area (Å²) in [5.74, 6) is -0.583. The van der Waals surface area contributed by atoms with Gasteiger partial charge in [-0.15, -0.1) is 0 Å². The number of hydrogen-bond acceptors (Lipinski definition) is 4. The van der Waals surface area contributed by atoms with Crippen LogP contribution < -0.4 is 9.47 Å². The largest absolute Gasteiger partial charge is 0.493 e. The number of benzene rings is 2. The van der Waals surface area contributed by atoms with Crippen molar-refractivity contribution in [3.8, 4) is 11.5 Å². The van der Waals surface area contributed by atoms with Gasteiger partial charge in [0.2, 0.25) is 0 Å². The van der Waals surface area contributed by atoms with Crippen LogP contribution in [0.1, 0.15) is 35.6 Å². The van der Waals surface area contributed by atoms with Gasteiger partial charge in [0, 0.05) is 5.56 Å². The van der Waals surface area contributed by atoms with Gasteiger partial charge in [-0.2, -0.15) is 13.2 Å². The van der Waals surface area contributed by atoms with E-state index in [1.54, 1.807) is 24.3 Å². The van der Waals surface area contributed by atoms with Gasteiger partial charge in [0.25, 0.3) is 0 Å². The minimum Gasteiger partial charge on any atom is -0.493 e. The Balaban J connectivity index is 2.14. The lowest BCUT2D eigenvalue weighted by atomic mass is 9.88. The fraction of sp³-hybridized carbons (Fsp3) is 0.409. The summed E-state index contributed by atoms with van der Waals surface area (Å²) in [6.45, 7) is 0.711. The zero-order valence-corrected chi connectivity index (χ0v) is 16.8. The van der Waals surface area contributed by atoms with Gasteiger partial charge in [-0.05, 0) is 43.6 Å². The molecule has 0 radical (unpaired) electrons. The van der Waals surface area contributed by atoms with Gasteiger partial charge in [-0.1, -0.05) is 30.3 Å². The molecule has 0 spiro atoms. The fourth-order valence-corrected chi connectivity index (χ4v) is 4.09. The van der Waals surface area contributed by atoms with Crippen LogP contribution in [0.15, 0.2) is 42.5 Å². The summed E-state index contributed by atoms with van der Waals surface area (Å²) in [7, 11) is 2.92. The van der Waals surface area contributed by atoms with Crippen LogP contribution >= 0.6 is 0 Å². The summed E-state index contributed by atoms with van der Waals surface area (Å²) in [6, 6.07) is 9.84. The highest BCUT2D eigenvalue weighted by Gasteiger charge is 2.39. The molecular weight excluding hydrogens is 399 g/mol. The molecule has 0 amide bonds. The van der Waals surface area contributed by atoms with E-state index in [9.17, 15) is 23.1 Å². The molecule has 0 bridgehead atoms. The van der Waals surface area contributed by atoms with Crippen molar-refractivity contribution in [3.63, 3.8) is 0 Å². The number of carboxylic acid groups (broad SMARTS) is 1. The van der Waals surface area contributed by atoms with Crippen molar-refractivity contribution in [1.29, 1.82) is 0 Å². The Bertz CT molecular complexity index is 892. The standard InChI is InChI=1S/C22H24F3NO4/c1-29-18-9-5-7-16(20(18)30-2)19(26-12-10-14(11-13-26)21(27)28)15-6-3-4-8-17(15)22(23,24)25/h3-9,14,19H,10-13H2,1-2H3,(H,27,28). The van der Waals surface area contributed by atoms with E-state index in [-0.39, 0.29) is 5.56 Å². The molecule has 8 heteroatoms. The summed E-state index contributed by atoms with van der Waals surface area (Å²) in [5.41, 5.74) is -0.0760. The Labute approximate surface area is 173 Å². The van der Waals surface area contributed by atoms with Crippen LogP contribution in [-0.4, -0.2) is 43.3 Å². The highest BCUT2D eigenvalue weighted by molar-refractivity contribution is 5.70. The van der Waals surface area contributed by atoms with E-state index < -0.39 is 29.7 Å². The van der Waals surface area contributed by atoms with E-state index in [0.29, 0.717) is 43.0 Å². The van der Waals surface area contributed by atoms with Gasteiger partial charge in [0.1, 0.15) is 0 Å². The number of alkyl halides is 3. The zero-order valence-electron chi connectivity index (χ0n) is 16.8. The predicted molar refractivity (Wildman–Crippen MR) is 105 cm³/mol. The Morgan fingerprint density at radius 3 is 2.23 bits per heavy atom. The van der Waals surface area contributed by atoms with Crippen LogP contribution in [0.25, 0.3) is 0 Å². The highest BCUT2D eigenvalue weighted by Crippen LogP contribution is 2.45. The van der Waals surface area contributed by atoms with E-state index in [1.165, 1.54) is 26.4 Å². The Hall–Kier alpha value is -2.74. The van der Waals surface area contributed by atoms with E-state index in [0.717, 1.165) is 6.07 Å². The first-order chi connectivity index (χ1) is 14.3. The maximum atomic E-state index is 13.8. The van der Waals surface area contributed by atoms with Gasteiger partial charge in [0.15, 0.2) is 11.5 Å². The predicted octanol–water partition coefficient (Wildman–Crippen LogP) is 4.61. The van der Waals surface area contributed by atoms with Gasteiger partial charge in [-0.3, -0.25) is 9.69 Å². The molecule has 1 atom stereocenters. The van der Waals surface area contributed by atoms with Crippen LogP contribution in [0.3, 0.4) is 0 Å². The molecule has 0 aromatic heterocycles. The maximum Gasteiger partial charge on any atom is 0.416 e. The molecule has 0 saturated carbocycles. The molecular formula is C22H24F3NO4. The molecule has 5 nitrogen and oxygen atoms in total. The topological polar surface area (TPSA) is 59.0 Å². The number of para-hydroxylation sites is 1. The third-order valence-corrected chi connectivity index (χ3v) is 5.53. The minimum absolute atomic E-state index is 0.102. The third-order valence-electron chi connectivity index (χ3n) is 5.53. The average Bonchev–Trinajstić information content (AvgIpc) is 2.73. The first kappa shape index (κ1) is 22.0. The van der Waals surface area contributed by atoms with Crippen LogP contribution in [0.2, 0.25) is 0 Å². The second kappa shape index (κ2) is 8.95. The molecule has 1 aliphatic rings. The smallest absolute Gasteiger partial charge is 0.416 e.